The monoisotopic (exact) mass is 341 g/mol. The van der Waals surface area contributed by atoms with Crippen molar-refractivity contribution in [2.45, 2.75) is 31.3 Å². The van der Waals surface area contributed by atoms with E-state index in [9.17, 15) is 4.39 Å². The van der Waals surface area contributed by atoms with Crippen molar-refractivity contribution in [2.75, 3.05) is 14.2 Å². The summed E-state index contributed by atoms with van der Waals surface area (Å²) in [6.07, 6.45) is 1.09. The second-order valence-corrected chi connectivity index (χ2v) is 6.34. The maximum Gasteiger partial charge on any atom is 0.191 e. The van der Waals surface area contributed by atoms with Gasteiger partial charge in [-0.2, -0.15) is 0 Å². The maximum absolute atomic E-state index is 13.9. The molecule has 5 heteroatoms. The van der Waals surface area contributed by atoms with Gasteiger partial charge in [-0.15, -0.1) is 0 Å². The average molecular weight is 341 g/mol. The molecule has 4 nitrogen and oxygen atoms in total. The number of hydrogen-bond donors (Lipinski definition) is 2. The molecule has 1 aliphatic rings. The van der Waals surface area contributed by atoms with Gasteiger partial charge >= 0.3 is 0 Å². The molecular weight excluding hydrogens is 317 g/mol. The fourth-order valence-corrected chi connectivity index (χ4v) is 3.01. The Labute approximate surface area is 148 Å². The van der Waals surface area contributed by atoms with Crippen LogP contribution in [-0.2, 0) is 0 Å². The third-order valence-electron chi connectivity index (χ3n) is 4.59. The van der Waals surface area contributed by atoms with Crippen LogP contribution in [0.15, 0.2) is 53.5 Å². The van der Waals surface area contributed by atoms with Crippen molar-refractivity contribution in [3.05, 3.63) is 65.5 Å². The van der Waals surface area contributed by atoms with E-state index in [1.807, 2.05) is 19.1 Å². The van der Waals surface area contributed by atoms with Gasteiger partial charge in [-0.25, -0.2) is 4.39 Å². The van der Waals surface area contributed by atoms with Crippen molar-refractivity contribution >= 4 is 5.96 Å². The van der Waals surface area contributed by atoms with Crippen molar-refractivity contribution in [1.29, 1.82) is 0 Å². The number of benzene rings is 2. The highest BCUT2D eigenvalue weighted by atomic mass is 19.1. The predicted octanol–water partition coefficient (Wildman–Crippen LogP) is 3.62. The zero-order chi connectivity index (χ0) is 17.8. The Morgan fingerprint density at radius 2 is 2.00 bits per heavy atom. The highest BCUT2D eigenvalue weighted by Crippen LogP contribution is 2.40. The first-order chi connectivity index (χ1) is 12.1. The summed E-state index contributed by atoms with van der Waals surface area (Å²) in [5.41, 5.74) is 2.19. The Morgan fingerprint density at radius 3 is 2.64 bits per heavy atom. The normalized spacial score (nSPS) is 20.7. The van der Waals surface area contributed by atoms with Crippen LogP contribution in [-0.4, -0.2) is 26.2 Å². The molecule has 2 aromatic carbocycles. The minimum absolute atomic E-state index is 0.0690. The highest BCUT2D eigenvalue weighted by Gasteiger charge is 2.38. The van der Waals surface area contributed by atoms with Gasteiger partial charge in [0.25, 0.3) is 0 Å². The fraction of sp³-hybridized carbons (Fsp3) is 0.350. The lowest BCUT2D eigenvalue weighted by molar-refractivity contribution is 0.386. The van der Waals surface area contributed by atoms with E-state index < -0.39 is 0 Å². The van der Waals surface area contributed by atoms with E-state index in [-0.39, 0.29) is 17.6 Å². The van der Waals surface area contributed by atoms with Gasteiger partial charge in [0.1, 0.15) is 0 Å². The molecule has 25 heavy (non-hydrogen) atoms. The summed E-state index contributed by atoms with van der Waals surface area (Å²) in [5, 5.41) is 6.77. The summed E-state index contributed by atoms with van der Waals surface area (Å²) in [6, 6.07) is 15.8. The number of halogens is 1. The van der Waals surface area contributed by atoms with Crippen molar-refractivity contribution in [2.24, 2.45) is 4.99 Å². The summed E-state index contributed by atoms with van der Waals surface area (Å²) in [7, 11) is 3.21. The number of nitrogens with one attached hydrogen (secondary N) is 2. The third kappa shape index (κ3) is 4.10. The second-order valence-electron chi connectivity index (χ2n) is 6.34. The molecule has 132 valence electrons. The van der Waals surface area contributed by atoms with Gasteiger partial charge in [-0.1, -0.05) is 36.4 Å². The van der Waals surface area contributed by atoms with Crippen LogP contribution in [0.1, 0.15) is 36.4 Å². The SMILES string of the molecule is CN=C(NC(C)c1ccc(OC)c(F)c1)NC1CC1c1ccccc1. The van der Waals surface area contributed by atoms with Gasteiger partial charge in [-0.3, -0.25) is 4.99 Å². The van der Waals surface area contributed by atoms with Gasteiger partial charge < -0.3 is 15.4 Å². The lowest BCUT2D eigenvalue weighted by atomic mass is 10.1. The minimum Gasteiger partial charge on any atom is -0.494 e. The van der Waals surface area contributed by atoms with Gasteiger partial charge in [-0.05, 0) is 36.6 Å². The molecule has 3 rings (SSSR count). The molecule has 0 heterocycles. The molecule has 2 N–H and O–H groups in total. The quantitative estimate of drug-likeness (QED) is 0.645. The van der Waals surface area contributed by atoms with Gasteiger partial charge in [0, 0.05) is 19.0 Å². The predicted molar refractivity (Wildman–Crippen MR) is 98.6 cm³/mol. The van der Waals surface area contributed by atoms with Crippen molar-refractivity contribution < 1.29 is 9.13 Å². The van der Waals surface area contributed by atoms with E-state index in [0.717, 1.165) is 17.9 Å². The number of methoxy groups -OCH3 is 1. The molecule has 2 aromatic rings. The van der Waals surface area contributed by atoms with Crippen LogP contribution in [0.5, 0.6) is 5.75 Å². The van der Waals surface area contributed by atoms with E-state index in [2.05, 4.69) is 39.9 Å². The van der Waals surface area contributed by atoms with Crippen LogP contribution >= 0.6 is 0 Å². The summed E-state index contributed by atoms with van der Waals surface area (Å²) < 4.78 is 18.9. The van der Waals surface area contributed by atoms with Crippen LogP contribution < -0.4 is 15.4 Å². The molecule has 0 aliphatic heterocycles. The Bertz CT molecular complexity index is 748. The summed E-state index contributed by atoms with van der Waals surface area (Å²) >= 11 is 0. The van der Waals surface area contributed by atoms with Crippen LogP contribution in [0.3, 0.4) is 0 Å². The van der Waals surface area contributed by atoms with Gasteiger partial charge in [0.15, 0.2) is 17.5 Å². The molecule has 0 aromatic heterocycles. The standard InChI is InChI=1S/C20H24FN3O/c1-13(15-9-10-19(25-3)17(21)11-15)23-20(22-2)24-18-12-16(18)14-7-5-4-6-8-14/h4-11,13,16,18H,12H2,1-3H3,(H2,22,23,24). The number of guanidine groups is 1. The van der Waals surface area contributed by atoms with Gasteiger partial charge in [0.2, 0.25) is 0 Å². The molecular formula is C20H24FN3O. The van der Waals surface area contributed by atoms with Crippen molar-refractivity contribution in [1.82, 2.24) is 10.6 Å². The molecule has 0 amide bonds. The molecule has 1 fully saturated rings. The fourth-order valence-electron chi connectivity index (χ4n) is 3.01. The number of nitrogens with zero attached hydrogens (tertiary/aromatic N) is 1. The minimum atomic E-state index is -0.358. The number of aliphatic imine (C=N–C) groups is 1. The van der Waals surface area contributed by atoms with Crippen LogP contribution in [0.4, 0.5) is 4.39 Å². The van der Waals surface area contributed by atoms with Crippen LogP contribution in [0, 0.1) is 5.82 Å². The van der Waals surface area contributed by atoms with E-state index in [4.69, 9.17) is 4.74 Å². The molecule has 0 saturated heterocycles. The zero-order valence-corrected chi connectivity index (χ0v) is 14.8. The van der Waals surface area contributed by atoms with E-state index in [0.29, 0.717) is 12.0 Å². The molecule has 1 saturated carbocycles. The average Bonchev–Trinajstić information content (AvgIpc) is 3.41. The van der Waals surface area contributed by atoms with Crippen molar-refractivity contribution in [3.63, 3.8) is 0 Å². The van der Waals surface area contributed by atoms with Gasteiger partial charge in [0.05, 0.1) is 13.2 Å². The molecule has 0 radical (unpaired) electrons. The van der Waals surface area contributed by atoms with Crippen LogP contribution in [0.2, 0.25) is 0 Å². The zero-order valence-electron chi connectivity index (χ0n) is 14.8. The second kappa shape index (κ2) is 7.55. The number of rotatable bonds is 5. The third-order valence-corrected chi connectivity index (χ3v) is 4.59. The van der Waals surface area contributed by atoms with Crippen LogP contribution in [0.25, 0.3) is 0 Å². The topological polar surface area (TPSA) is 45.7 Å². The Hall–Kier alpha value is -2.56. The number of ether oxygens (including phenoxy) is 1. The first kappa shape index (κ1) is 17.3. The lowest BCUT2D eigenvalue weighted by Gasteiger charge is -2.19. The largest absolute Gasteiger partial charge is 0.494 e. The van der Waals surface area contributed by atoms with Crippen molar-refractivity contribution in [3.8, 4) is 5.75 Å². The summed E-state index contributed by atoms with van der Waals surface area (Å²) in [4.78, 5) is 4.29. The lowest BCUT2D eigenvalue weighted by Crippen LogP contribution is -2.40. The molecule has 0 spiro atoms. The molecule has 1 aliphatic carbocycles. The van der Waals surface area contributed by atoms with E-state index in [1.165, 1.54) is 18.7 Å². The first-order valence-electron chi connectivity index (χ1n) is 8.50. The molecule has 3 atom stereocenters. The smallest absolute Gasteiger partial charge is 0.191 e. The molecule has 3 unspecified atom stereocenters. The summed E-state index contributed by atoms with van der Waals surface area (Å²) in [5.74, 6) is 1.14. The highest BCUT2D eigenvalue weighted by molar-refractivity contribution is 5.81. The maximum atomic E-state index is 13.9. The Kier molecular flexibility index (Phi) is 5.22. The first-order valence-corrected chi connectivity index (χ1v) is 8.50. The Balaban J connectivity index is 1.59. The number of hydrogen-bond acceptors (Lipinski definition) is 2. The van der Waals surface area contributed by atoms with E-state index >= 15 is 0 Å². The van der Waals surface area contributed by atoms with E-state index in [1.54, 1.807) is 13.1 Å². The molecule has 0 bridgehead atoms. The summed E-state index contributed by atoms with van der Waals surface area (Å²) in [6.45, 7) is 1.98. The Morgan fingerprint density at radius 1 is 1.24 bits per heavy atom.